The van der Waals surface area contributed by atoms with Crippen LogP contribution in [0.1, 0.15) is 17.7 Å². The standard InChI is InChI=1S/C13H15N5O4/c1-15-10(19)6-16-11(20)7-18-12(21)8(5-14)9-3-2-4-17(9)13(18)22/h2-4,6-7H2,1H3,(H,15,19)(H,16,20). The second kappa shape index (κ2) is 6.26. The molecule has 1 aliphatic heterocycles. The second-order valence-electron chi connectivity index (χ2n) is 4.81. The highest BCUT2D eigenvalue weighted by Crippen LogP contribution is 2.12. The Kier molecular flexibility index (Phi) is 4.41. The van der Waals surface area contributed by atoms with Gasteiger partial charge in [0.15, 0.2) is 0 Å². The van der Waals surface area contributed by atoms with Gasteiger partial charge in [0.2, 0.25) is 11.8 Å². The molecular formula is C13H15N5O4. The van der Waals surface area contributed by atoms with E-state index >= 15 is 0 Å². The number of hydrogen-bond acceptors (Lipinski definition) is 5. The van der Waals surface area contributed by atoms with Crippen LogP contribution >= 0.6 is 0 Å². The largest absolute Gasteiger partial charge is 0.358 e. The molecule has 0 saturated heterocycles. The van der Waals surface area contributed by atoms with Gasteiger partial charge in [-0.15, -0.1) is 0 Å². The summed E-state index contributed by atoms with van der Waals surface area (Å²) in [6.07, 6.45) is 1.17. The first kappa shape index (κ1) is 15.5. The zero-order chi connectivity index (χ0) is 16.3. The van der Waals surface area contributed by atoms with E-state index in [9.17, 15) is 19.2 Å². The van der Waals surface area contributed by atoms with Gasteiger partial charge in [0, 0.05) is 19.3 Å². The fourth-order valence-corrected chi connectivity index (χ4v) is 2.36. The van der Waals surface area contributed by atoms with Crippen molar-refractivity contribution in [2.75, 3.05) is 13.6 Å². The topological polar surface area (TPSA) is 126 Å². The summed E-state index contributed by atoms with van der Waals surface area (Å²) in [6.45, 7) is -0.353. The van der Waals surface area contributed by atoms with Crippen molar-refractivity contribution >= 4 is 11.8 Å². The maximum atomic E-state index is 12.2. The van der Waals surface area contributed by atoms with Gasteiger partial charge in [-0.3, -0.25) is 19.0 Å². The Hall–Kier alpha value is -2.89. The van der Waals surface area contributed by atoms with Gasteiger partial charge in [0.25, 0.3) is 5.56 Å². The van der Waals surface area contributed by atoms with E-state index in [4.69, 9.17) is 5.26 Å². The van der Waals surface area contributed by atoms with Crippen LogP contribution in [0.4, 0.5) is 0 Å². The predicted molar refractivity (Wildman–Crippen MR) is 75.1 cm³/mol. The fraction of sp³-hybridized carbons (Fsp3) is 0.462. The first-order valence-corrected chi connectivity index (χ1v) is 6.73. The van der Waals surface area contributed by atoms with Crippen molar-refractivity contribution in [3.05, 3.63) is 32.1 Å². The van der Waals surface area contributed by atoms with E-state index in [0.29, 0.717) is 25.1 Å². The summed E-state index contributed by atoms with van der Waals surface area (Å²) in [6, 6.07) is 1.81. The minimum absolute atomic E-state index is 0.101. The number of carbonyl (C=O) groups excluding carboxylic acids is 2. The number of fused-ring (bicyclic) bond motifs is 1. The number of rotatable bonds is 4. The van der Waals surface area contributed by atoms with E-state index in [1.54, 1.807) is 6.07 Å². The molecule has 9 heteroatoms. The highest BCUT2D eigenvalue weighted by Gasteiger charge is 2.23. The molecule has 1 aliphatic rings. The van der Waals surface area contributed by atoms with Crippen molar-refractivity contribution < 1.29 is 9.59 Å². The van der Waals surface area contributed by atoms with Crippen molar-refractivity contribution in [3.63, 3.8) is 0 Å². The van der Waals surface area contributed by atoms with Crippen LogP contribution in [-0.4, -0.2) is 34.5 Å². The molecule has 2 amide bonds. The minimum atomic E-state index is -0.768. The van der Waals surface area contributed by atoms with Gasteiger partial charge < -0.3 is 10.6 Å². The monoisotopic (exact) mass is 305 g/mol. The number of nitrogens with one attached hydrogen (secondary N) is 2. The smallest absolute Gasteiger partial charge is 0.331 e. The lowest BCUT2D eigenvalue weighted by Gasteiger charge is -2.10. The molecule has 116 valence electrons. The van der Waals surface area contributed by atoms with Crippen molar-refractivity contribution in [2.45, 2.75) is 25.9 Å². The molecule has 0 unspecified atom stereocenters. The number of aromatic nitrogens is 2. The quantitative estimate of drug-likeness (QED) is 0.646. The van der Waals surface area contributed by atoms with Crippen LogP contribution in [0.15, 0.2) is 9.59 Å². The summed E-state index contributed by atoms with van der Waals surface area (Å²) < 4.78 is 2.08. The molecule has 0 radical (unpaired) electrons. The average molecular weight is 305 g/mol. The molecule has 0 bridgehead atoms. The third-order valence-electron chi connectivity index (χ3n) is 3.47. The lowest BCUT2D eigenvalue weighted by molar-refractivity contribution is -0.126. The van der Waals surface area contributed by atoms with Crippen LogP contribution in [0.25, 0.3) is 0 Å². The van der Waals surface area contributed by atoms with Crippen LogP contribution in [0, 0.1) is 11.3 Å². The van der Waals surface area contributed by atoms with E-state index in [-0.39, 0.29) is 12.1 Å². The number of nitrogens with zero attached hydrogens (tertiary/aromatic N) is 3. The van der Waals surface area contributed by atoms with Crippen LogP contribution in [0.5, 0.6) is 0 Å². The molecule has 0 atom stereocenters. The second-order valence-corrected chi connectivity index (χ2v) is 4.81. The Bertz CT molecular complexity index is 783. The number of nitriles is 1. The normalized spacial score (nSPS) is 12.4. The van der Waals surface area contributed by atoms with Gasteiger partial charge in [-0.2, -0.15) is 5.26 Å². The SMILES string of the molecule is CNC(=O)CNC(=O)Cn1c(=O)c(C#N)c2n(c1=O)CCC2. The Morgan fingerprint density at radius 2 is 2.05 bits per heavy atom. The Morgan fingerprint density at radius 1 is 1.32 bits per heavy atom. The summed E-state index contributed by atoms with van der Waals surface area (Å²) in [4.78, 5) is 47.2. The van der Waals surface area contributed by atoms with E-state index in [0.717, 1.165) is 4.57 Å². The zero-order valence-electron chi connectivity index (χ0n) is 12.0. The van der Waals surface area contributed by atoms with Gasteiger partial charge in [0.05, 0.1) is 6.54 Å². The molecule has 22 heavy (non-hydrogen) atoms. The van der Waals surface area contributed by atoms with Gasteiger partial charge in [-0.25, -0.2) is 9.36 Å². The van der Waals surface area contributed by atoms with Crippen LogP contribution in [0.3, 0.4) is 0 Å². The highest BCUT2D eigenvalue weighted by atomic mass is 16.2. The van der Waals surface area contributed by atoms with Crippen molar-refractivity contribution in [1.29, 1.82) is 5.26 Å². The molecule has 2 N–H and O–H groups in total. The summed E-state index contributed by atoms with van der Waals surface area (Å²) in [5.74, 6) is -1.05. The Labute approximate surface area is 125 Å². The average Bonchev–Trinajstić information content (AvgIpc) is 2.99. The van der Waals surface area contributed by atoms with Crippen molar-refractivity contribution in [1.82, 2.24) is 19.8 Å². The summed E-state index contributed by atoms with van der Waals surface area (Å²) in [5.41, 5.74) is -1.04. The summed E-state index contributed by atoms with van der Waals surface area (Å²) in [5, 5.41) is 13.7. The van der Waals surface area contributed by atoms with E-state index in [1.165, 1.54) is 11.6 Å². The molecule has 0 fully saturated rings. The van der Waals surface area contributed by atoms with Crippen molar-refractivity contribution in [2.24, 2.45) is 0 Å². The van der Waals surface area contributed by atoms with Gasteiger partial charge in [-0.1, -0.05) is 0 Å². The molecule has 2 rings (SSSR count). The van der Waals surface area contributed by atoms with Crippen molar-refractivity contribution in [3.8, 4) is 6.07 Å². The van der Waals surface area contributed by atoms with E-state index < -0.39 is 29.6 Å². The number of amides is 2. The number of likely N-dealkylation sites (N-methyl/N-ethyl adjacent to an activating group) is 1. The third kappa shape index (κ3) is 2.76. The maximum Gasteiger partial charge on any atom is 0.331 e. The van der Waals surface area contributed by atoms with E-state index in [2.05, 4.69) is 10.6 Å². The lowest BCUT2D eigenvalue weighted by atomic mass is 10.2. The van der Waals surface area contributed by atoms with Gasteiger partial charge in [-0.05, 0) is 12.8 Å². The third-order valence-corrected chi connectivity index (χ3v) is 3.47. The van der Waals surface area contributed by atoms with Crippen LogP contribution < -0.4 is 21.9 Å². The molecule has 0 aliphatic carbocycles. The first-order chi connectivity index (χ1) is 10.5. The molecule has 1 aromatic rings. The number of hydrogen-bond donors (Lipinski definition) is 2. The molecule has 0 spiro atoms. The van der Waals surface area contributed by atoms with Gasteiger partial charge >= 0.3 is 5.69 Å². The predicted octanol–water partition coefficient (Wildman–Crippen LogP) is -2.31. The summed E-state index contributed by atoms with van der Waals surface area (Å²) >= 11 is 0. The van der Waals surface area contributed by atoms with Crippen LogP contribution in [-0.2, 0) is 29.1 Å². The van der Waals surface area contributed by atoms with Gasteiger partial charge in [0.1, 0.15) is 18.2 Å². The van der Waals surface area contributed by atoms with E-state index in [1.807, 2.05) is 0 Å². The zero-order valence-corrected chi connectivity index (χ0v) is 12.0. The minimum Gasteiger partial charge on any atom is -0.358 e. The molecule has 2 heterocycles. The Balaban J connectivity index is 2.31. The maximum absolute atomic E-state index is 12.2. The molecule has 0 aromatic carbocycles. The summed E-state index contributed by atoms with van der Waals surface area (Å²) in [7, 11) is 1.42. The molecule has 9 nitrogen and oxygen atoms in total. The Morgan fingerprint density at radius 3 is 2.68 bits per heavy atom. The highest BCUT2D eigenvalue weighted by molar-refractivity contribution is 5.84. The van der Waals surface area contributed by atoms with Crippen LogP contribution in [0.2, 0.25) is 0 Å². The molecular weight excluding hydrogens is 290 g/mol. The molecule has 1 aromatic heterocycles. The number of carbonyl (C=O) groups is 2. The fourth-order valence-electron chi connectivity index (χ4n) is 2.36. The lowest BCUT2D eigenvalue weighted by Crippen LogP contribution is -2.46. The first-order valence-electron chi connectivity index (χ1n) is 6.73. The molecule has 0 saturated carbocycles.